The van der Waals surface area contributed by atoms with Crippen molar-refractivity contribution in [3.63, 3.8) is 0 Å². The minimum Gasteiger partial charge on any atom is -0.370 e. The minimum absolute atomic E-state index is 0.389. The number of aromatic nitrogens is 3. The number of fused-ring (bicyclic) bond motifs is 1. The molecular formula is C22H26N4O. The number of hydrogen-bond donors (Lipinski definition) is 1. The van der Waals surface area contributed by atoms with Crippen LogP contribution in [0, 0.1) is 10.8 Å². The first-order chi connectivity index (χ1) is 12.8. The monoisotopic (exact) mass is 362 g/mol. The number of benzene rings is 1. The van der Waals surface area contributed by atoms with Gasteiger partial charge in [-0.2, -0.15) is 0 Å². The summed E-state index contributed by atoms with van der Waals surface area (Å²) in [6.07, 6.45) is 5.36. The van der Waals surface area contributed by atoms with Gasteiger partial charge in [-0.05, 0) is 29.5 Å². The topological polar surface area (TPSA) is 61.9 Å². The van der Waals surface area contributed by atoms with E-state index in [0.717, 1.165) is 47.4 Å². The highest BCUT2D eigenvalue weighted by Crippen LogP contribution is 2.35. The van der Waals surface area contributed by atoms with E-state index < -0.39 is 5.41 Å². The van der Waals surface area contributed by atoms with Crippen molar-refractivity contribution < 1.29 is 4.79 Å². The molecule has 0 unspecified atom stereocenters. The Balaban J connectivity index is 1.67. The average Bonchev–Trinajstić information content (AvgIpc) is 3.01. The second-order valence-electron chi connectivity index (χ2n) is 9.12. The normalized spacial score (nSPS) is 16.4. The molecule has 1 aliphatic heterocycles. The molecule has 4 rings (SSSR count). The van der Waals surface area contributed by atoms with Crippen LogP contribution in [0.5, 0.6) is 0 Å². The first kappa shape index (κ1) is 17.7. The van der Waals surface area contributed by atoms with Crippen molar-refractivity contribution >= 4 is 23.1 Å². The van der Waals surface area contributed by atoms with Crippen LogP contribution in [0.15, 0.2) is 36.7 Å². The van der Waals surface area contributed by atoms with E-state index in [9.17, 15) is 4.79 Å². The Hall–Kier alpha value is -2.69. The van der Waals surface area contributed by atoms with Crippen molar-refractivity contribution in [2.75, 3.05) is 18.0 Å². The minimum atomic E-state index is -0.420. The fourth-order valence-corrected chi connectivity index (χ4v) is 3.78. The molecule has 1 aromatic carbocycles. The predicted molar refractivity (Wildman–Crippen MR) is 109 cm³/mol. The van der Waals surface area contributed by atoms with Crippen molar-refractivity contribution in [3.8, 4) is 11.3 Å². The van der Waals surface area contributed by atoms with Crippen LogP contribution in [-0.4, -0.2) is 34.3 Å². The third-order valence-electron chi connectivity index (χ3n) is 5.17. The summed E-state index contributed by atoms with van der Waals surface area (Å²) >= 11 is 0. The molecular weight excluding hydrogens is 336 g/mol. The summed E-state index contributed by atoms with van der Waals surface area (Å²) < 4.78 is 0. The molecule has 5 heteroatoms. The van der Waals surface area contributed by atoms with Crippen molar-refractivity contribution in [2.45, 2.75) is 34.1 Å². The molecule has 1 aliphatic rings. The summed E-state index contributed by atoms with van der Waals surface area (Å²) in [4.78, 5) is 26.3. The van der Waals surface area contributed by atoms with Gasteiger partial charge in [0.2, 0.25) is 0 Å². The highest BCUT2D eigenvalue weighted by Gasteiger charge is 2.34. The van der Waals surface area contributed by atoms with Crippen LogP contribution in [0.25, 0.3) is 22.4 Å². The third-order valence-corrected chi connectivity index (χ3v) is 5.17. The number of hydrogen-bond acceptors (Lipinski definition) is 4. The van der Waals surface area contributed by atoms with Gasteiger partial charge < -0.3 is 14.7 Å². The molecule has 0 spiro atoms. The molecule has 1 fully saturated rings. The maximum atomic E-state index is 11.3. The van der Waals surface area contributed by atoms with E-state index in [2.05, 4.69) is 53.0 Å². The Morgan fingerprint density at radius 3 is 2.78 bits per heavy atom. The number of aldehydes is 1. The van der Waals surface area contributed by atoms with Gasteiger partial charge in [0, 0.05) is 36.0 Å². The van der Waals surface area contributed by atoms with E-state index in [1.807, 2.05) is 26.2 Å². The Morgan fingerprint density at radius 1 is 1.30 bits per heavy atom. The second kappa shape index (κ2) is 6.19. The van der Waals surface area contributed by atoms with Crippen molar-refractivity contribution in [1.29, 1.82) is 0 Å². The number of carbonyl (C=O) groups is 1. The van der Waals surface area contributed by atoms with Crippen molar-refractivity contribution in [3.05, 3.63) is 42.2 Å². The lowest BCUT2D eigenvalue weighted by atomic mass is 9.84. The van der Waals surface area contributed by atoms with E-state index in [4.69, 9.17) is 4.98 Å². The Labute approximate surface area is 159 Å². The van der Waals surface area contributed by atoms with Gasteiger partial charge in [0.05, 0.1) is 11.9 Å². The molecule has 140 valence electrons. The first-order valence-corrected chi connectivity index (χ1v) is 9.41. The number of nitrogens with zero attached hydrogens (tertiary/aromatic N) is 3. The molecule has 1 N–H and O–H groups in total. The molecule has 0 atom stereocenters. The summed E-state index contributed by atoms with van der Waals surface area (Å²) in [5.74, 6) is 0. The molecule has 5 nitrogen and oxygen atoms in total. The largest absolute Gasteiger partial charge is 0.370 e. The predicted octanol–water partition coefficient (Wildman–Crippen LogP) is 4.24. The number of anilines is 1. The molecule has 0 bridgehead atoms. The Kier molecular flexibility index (Phi) is 4.06. The van der Waals surface area contributed by atoms with Gasteiger partial charge >= 0.3 is 0 Å². The van der Waals surface area contributed by atoms with Gasteiger partial charge in [-0.1, -0.05) is 39.8 Å². The molecule has 0 saturated carbocycles. The lowest BCUT2D eigenvalue weighted by molar-refractivity contribution is -0.114. The SMILES string of the molecule is CC(C)(C=O)Cc1c[nH]c2ncc(-c3cccc(N4CC(C)(C)C4)c3)nc12. The van der Waals surface area contributed by atoms with Gasteiger partial charge in [0.1, 0.15) is 11.8 Å². The number of nitrogens with one attached hydrogen (secondary N) is 1. The van der Waals surface area contributed by atoms with Gasteiger partial charge in [-0.15, -0.1) is 0 Å². The lowest BCUT2D eigenvalue weighted by Crippen LogP contribution is -2.53. The van der Waals surface area contributed by atoms with E-state index in [1.54, 1.807) is 0 Å². The van der Waals surface area contributed by atoms with Crippen molar-refractivity contribution in [2.24, 2.45) is 10.8 Å². The van der Waals surface area contributed by atoms with Crippen LogP contribution in [0.4, 0.5) is 5.69 Å². The van der Waals surface area contributed by atoms with E-state index in [0.29, 0.717) is 11.8 Å². The van der Waals surface area contributed by atoms with Gasteiger partial charge in [-0.25, -0.2) is 9.97 Å². The summed E-state index contributed by atoms with van der Waals surface area (Å²) in [7, 11) is 0. The van der Waals surface area contributed by atoms with Crippen LogP contribution in [0.3, 0.4) is 0 Å². The van der Waals surface area contributed by atoms with Crippen LogP contribution in [-0.2, 0) is 11.2 Å². The van der Waals surface area contributed by atoms with Gasteiger partial charge in [0.15, 0.2) is 5.65 Å². The Morgan fingerprint density at radius 2 is 2.07 bits per heavy atom. The highest BCUT2D eigenvalue weighted by atomic mass is 16.1. The zero-order valence-electron chi connectivity index (χ0n) is 16.4. The van der Waals surface area contributed by atoms with Crippen LogP contribution in [0.2, 0.25) is 0 Å². The Bertz CT molecular complexity index is 994. The molecule has 3 aromatic rings. The standard InChI is InChI=1S/C22H26N4O/c1-21(2,14-27)9-16-10-23-20-19(16)25-18(11-24-20)15-6-5-7-17(8-15)26-12-22(3,4)13-26/h5-8,10-11,14H,9,12-13H2,1-4H3,(H,23,24). The van der Waals surface area contributed by atoms with Crippen LogP contribution in [0.1, 0.15) is 33.3 Å². The fraction of sp³-hybridized carbons (Fsp3) is 0.409. The smallest absolute Gasteiger partial charge is 0.156 e. The highest BCUT2D eigenvalue weighted by molar-refractivity contribution is 5.79. The summed E-state index contributed by atoms with van der Waals surface area (Å²) in [5.41, 5.74) is 5.75. The van der Waals surface area contributed by atoms with Crippen LogP contribution < -0.4 is 4.90 Å². The number of H-pyrrole nitrogens is 1. The number of rotatable bonds is 5. The van der Waals surface area contributed by atoms with E-state index in [-0.39, 0.29) is 0 Å². The molecule has 0 amide bonds. The maximum Gasteiger partial charge on any atom is 0.156 e. The molecule has 27 heavy (non-hydrogen) atoms. The lowest BCUT2D eigenvalue weighted by Gasteiger charge is -2.47. The average molecular weight is 362 g/mol. The number of aromatic amines is 1. The zero-order valence-corrected chi connectivity index (χ0v) is 16.4. The van der Waals surface area contributed by atoms with E-state index in [1.165, 1.54) is 5.69 Å². The maximum absolute atomic E-state index is 11.3. The van der Waals surface area contributed by atoms with E-state index >= 15 is 0 Å². The molecule has 0 radical (unpaired) electrons. The first-order valence-electron chi connectivity index (χ1n) is 9.41. The molecule has 3 heterocycles. The van der Waals surface area contributed by atoms with Gasteiger partial charge in [-0.3, -0.25) is 0 Å². The summed E-state index contributed by atoms with van der Waals surface area (Å²) in [5, 5.41) is 0. The zero-order chi connectivity index (χ0) is 19.2. The van der Waals surface area contributed by atoms with Crippen LogP contribution >= 0.6 is 0 Å². The molecule has 1 saturated heterocycles. The van der Waals surface area contributed by atoms with Crippen molar-refractivity contribution in [1.82, 2.24) is 15.0 Å². The molecule has 2 aromatic heterocycles. The number of carbonyl (C=O) groups excluding carboxylic acids is 1. The fourth-order valence-electron chi connectivity index (χ4n) is 3.78. The summed E-state index contributed by atoms with van der Waals surface area (Å²) in [6, 6.07) is 8.49. The summed E-state index contributed by atoms with van der Waals surface area (Å²) in [6.45, 7) is 10.6. The van der Waals surface area contributed by atoms with Gasteiger partial charge in [0.25, 0.3) is 0 Å². The quantitative estimate of drug-likeness (QED) is 0.690. The third kappa shape index (κ3) is 3.46. The second-order valence-corrected chi connectivity index (χ2v) is 9.12. The molecule has 0 aliphatic carbocycles.